The second-order valence-electron chi connectivity index (χ2n) is 4.45. The van der Waals surface area contributed by atoms with E-state index in [-0.39, 0.29) is 5.82 Å². The Morgan fingerprint density at radius 3 is 2.47 bits per heavy atom. The zero-order chi connectivity index (χ0) is 13.8. The zero-order valence-electron chi connectivity index (χ0n) is 11.5. The van der Waals surface area contributed by atoms with E-state index < -0.39 is 0 Å². The number of hydrogen-bond acceptors (Lipinski definition) is 3. The van der Waals surface area contributed by atoms with Crippen molar-refractivity contribution in [1.29, 1.82) is 0 Å². The molecule has 0 N–H and O–H groups in total. The normalized spacial score (nSPS) is 12.9. The van der Waals surface area contributed by atoms with E-state index in [0.717, 1.165) is 18.7 Å². The molecule has 0 aromatic carbocycles. The fourth-order valence-electron chi connectivity index (χ4n) is 2.19. The SMILES string of the molecule is CCN(CC)[C@@H](C)c1ccc(-n2cc(F)cn2)nc1. The second-order valence-corrected chi connectivity index (χ2v) is 4.45. The average Bonchev–Trinajstić information content (AvgIpc) is 2.87. The van der Waals surface area contributed by atoms with Gasteiger partial charge in [0.1, 0.15) is 0 Å². The Morgan fingerprint density at radius 2 is 2.00 bits per heavy atom. The van der Waals surface area contributed by atoms with Gasteiger partial charge < -0.3 is 0 Å². The molecule has 0 aliphatic rings. The summed E-state index contributed by atoms with van der Waals surface area (Å²) >= 11 is 0. The van der Waals surface area contributed by atoms with Crippen LogP contribution in [-0.2, 0) is 0 Å². The van der Waals surface area contributed by atoms with Crippen LogP contribution in [-0.4, -0.2) is 32.8 Å². The summed E-state index contributed by atoms with van der Waals surface area (Å²) in [6.45, 7) is 8.47. The molecule has 2 heterocycles. The number of pyridine rings is 1. The van der Waals surface area contributed by atoms with Crippen molar-refractivity contribution in [3.8, 4) is 5.82 Å². The van der Waals surface area contributed by atoms with Gasteiger partial charge in [-0.25, -0.2) is 14.1 Å². The summed E-state index contributed by atoms with van der Waals surface area (Å²) in [5, 5.41) is 3.90. The van der Waals surface area contributed by atoms with Gasteiger partial charge in [0.2, 0.25) is 0 Å². The molecular formula is C14H19FN4. The van der Waals surface area contributed by atoms with Crippen molar-refractivity contribution in [2.24, 2.45) is 0 Å². The summed E-state index contributed by atoms with van der Waals surface area (Å²) in [7, 11) is 0. The Kier molecular flexibility index (Phi) is 4.27. The van der Waals surface area contributed by atoms with Gasteiger partial charge in [-0.1, -0.05) is 19.9 Å². The van der Waals surface area contributed by atoms with Gasteiger partial charge in [0, 0.05) is 12.2 Å². The molecule has 1 atom stereocenters. The molecule has 0 aliphatic carbocycles. The first-order valence-corrected chi connectivity index (χ1v) is 6.56. The number of halogens is 1. The third-order valence-corrected chi connectivity index (χ3v) is 3.40. The van der Waals surface area contributed by atoms with Gasteiger partial charge in [-0.15, -0.1) is 0 Å². The summed E-state index contributed by atoms with van der Waals surface area (Å²) in [5.74, 6) is 0.266. The van der Waals surface area contributed by atoms with Crippen molar-refractivity contribution < 1.29 is 4.39 Å². The summed E-state index contributed by atoms with van der Waals surface area (Å²) in [4.78, 5) is 6.69. The minimum Gasteiger partial charge on any atom is -0.297 e. The molecule has 0 unspecified atom stereocenters. The van der Waals surface area contributed by atoms with Crippen molar-refractivity contribution in [2.45, 2.75) is 26.8 Å². The lowest BCUT2D eigenvalue weighted by Crippen LogP contribution is -2.26. The molecule has 4 nitrogen and oxygen atoms in total. The molecule has 0 saturated carbocycles. The molecule has 2 rings (SSSR count). The van der Waals surface area contributed by atoms with Crippen LogP contribution in [0, 0.1) is 5.82 Å². The fourth-order valence-corrected chi connectivity index (χ4v) is 2.19. The topological polar surface area (TPSA) is 34.0 Å². The molecule has 5 heteroatoms. The van der Waals surface area contributed by atoms with Crippen LogP contribution in [0.3, 0.4) is 0 Å². The first kappa shape index (κ1) is 13.7. The lowest BCUT2D eigenvalue weighted by molar-refractivity contribution is 0.234. The summed E-state index contributed by atoms with van der Waals surface area (Å²) in [6.07, 6.45) is 4.32. The molecule has 0 fully saturated rings. The summed E-state index contributed by atoms with van der Waals surface area (Å²) in [5.41, 5.74) is 1.15. The molecule has 0 radical (unpaired) electrons. The molecule has 0 amide bonds. The van der Waals surface area contributed by atoms with Crippen LogP contribution in [0.5, 0.6) is 0 Å². The first-order chi connectivity index (χ1) is 9.15. The Balaban J connectivity index is 2.18. The standard InChI is InChI=1S/C14H19FN4/c1-4-18(5-2)11(3)12-6-7-14(16-8-12)19-10-13(15)9-17-19/h6-11H,4-5H2,1-3H3/t11-/m0/s1. The highest BCUT2D eigenvalue weighted by molar-refractivity contribution is 5.26. The number of hydrogen-bond donors (Lipinski definition) is 0. The third-order valence-electron chi connectivity index (χ3n) is 3.40. The molecule has 0 bridgehead atoms. The maximum absolute atomic E-state index is 12.9. The van der Waals surface area contributed by atoms with E-state index >= 15 is 0 Å². The molecule has 2 aromatic rings. The number of aromatic nitrogens is 3. The van der Waals surface area contributed by atoms with E-state index in [0.29, 0.717) is 11.9 Å². The Morgan fingerprint density at radius 1 is 1.26 bits per heavy atom. The molecule has 102 valence electrons. The predicted octanol–water partition coefficient (Wildman–Crippen LogP) is 2.81. The highest BCUT2D eigenvalue weighted by atomic mass is 19.1. The van der Waals surface area contributed by atoms with Crippen LogP contribution in [0.15, 0.2) is 30.7 Å². The van der Waals surface area contributed by atoms with E-state index in [1.807, 2.05) is 18.3 Å². The van der Waals surface area contributed by atoms with E-state index in [2.05, 4.69) is 35.8 Å². The van der Waals surface area contributed by atoms with Crippen LogP contribution < -0.4 is 0 Å². The molecule has 0 spiro atoms. The van der Waals surface area contributed by atoms with Gasteiger partial charge in [0.15, 0.2) is 11.6 Å². The van der Waals surface area contributed by atoms with Crippen LogP contribution in [0.4, 0.5) is 4.39 Å². The van der Waals surface area contributed by atoms with Gasteiger partial charge in [-0.2, -0.15) is 5.10 Å². The van der Waals surface area contributed by atoms with Gasteiger partial charge in [0.05, 0.1) is 12.4 Å². The molecule has 2 aromatic heterocycles. The van der Waals surface area contributed by atoms with Gasteiger partial charge in [-0.05, 0) is 31.6 Å². The van der Waals surface area contributed by atoms with Crippen molar-refractivity contribution in [2.75, 3.05) is 13.1 Å². The first-order valence-electron chi connectivity index (χ1n) is 6.56. The average molecular weight is 262 g/mol. The minimum absolute atomic E-state index is 0.325. The molecular weight excluding hydrogens is 243 g/mol. The summed E-state index contributed by atoms with van der Waals surface area (Å²) < 4.78 is 14.3. The van der Waals surface area contributed by atoms with Crippen molar-refractivity contribution in [3.05, 3.63) is 42.1 Å². The maximum atomic E-state index is 12.9. The lowest BCUT2D eigenvalue weighted by atomic mass is 10.1. The van der Waals surface area contributed by atoms with Crippen LogP contribution in [0.1, 0.15) is 32.4 Å². The molecule has 19 heavy (non-hydrogen) atoms. The van der Waals surface area contributed by atoms with Crippen LogP contribution in [0.25, 0.3) is 5.82 Å². The maximum Gasteiger partial charge on any atom is 0.161 e. The minimum atomic E-state index is -0.359. The van der Waals surface area contributed by atoms with E-state index in [1.165, 1.54) is 17.1 Å². The van der Waals surface area contributed by atoms with Crippen LogP contribution in [0.2, 0.25) is 0 Å². The quantitative estimate of drug-likeness (QED) is 0.831. The van der Waals surface area contributed by atoms with E-state index in [9.17, 15) is 4.39 Å². The summed E-state index contributed by atoms with van der Waals surface area (Å²) in [6, 6.07) is 4.21. The Labute approximate surface area is 112 Å². The predicted molar refractivity (Wildman–Crippen MR) is 72.7 cm³/mol. The molecule has 0 saturated heterocycles. The van der Waals surface area contributed by atoms with Crippen molar-refractivity contribution in [3.63, 3.8) is 0 Å². The number of nitrogens with zero attached hydrogens (tertiary/aromatic N) is 4. The van der Waals surface area contributed by atoms with Gasteiger partial charge >= 0.3 is 0 Å². The largest absolute Gasteiger partial charge is 0.297 e. The van der Waals surface area contributed by atoms with Crippen molar-refractivity contribution in [1.82, 2.24) is 19.7 Å². The Bertz CT molecular complexity index is 516. The third kappa shape index (κ3) is 2.98. The van der Waals surface area contributed by atoms with Gasteiger partial charge in [0.25, 0.3) is 0 Å². The molecule has 0 aliphatic heterocycles. The lowest BCUT2D eigenvalue weighted by Gasteiger charge is -2.26. The van der Waals surface area contributed by atoms with E-state index in [4.69, 9.17) is 0 Å². The highest BCUT2D eigenvalue weighted by Crippen LogP contribution is 2.19. The Hall–Kier alpha value is -1.75. The van der Waals surface area contributed by atoms with Crippen LogP contribution >= 0.6 is 0 Å². The highest BCUT2D eigenvalue weighted by Gasteiger charge is 2.12. The number of rotatable bonds is 5. The van der Waals surface area contributed by atoms with E-state index in [1.54, 1.807) is 0 Å². The zero-order valence-corrected chi connectivity index (χ0v) is 11.5. The smallest absolute Gasteiger partial charge is 0.161 e. The van der Waals surface area contributed by atoms with Crippen molar-refractivity contribution >= 4 is 0 Å². The second kappa shape index (κ2) is 5.93. The monoisotopic (exact) mass is 262 g/mol. The van der Waals surface area contributed by atoms with Gasteiger partial charge in [-0.3, -0.25) is 4.90 Å². The fraction of sp³-hybridized carbons (Fsp3) is 0.429.